The molecule has 0 spiro atoms. The van der Waals surface area contributed by atoms with Crippen LogP contribution in [0, 0.1) is 12.7 Å². The van der Waals surface area contributed by atoms with E-state index < -0.39 is 11.6 Å². The number of rotatable bonds is 8. The highest BCUT2D eigenvalue weighted by molar-refractivity contribution is 6.07. The van der Waals surface area contributed by atoms with Gasteiger partial charge >= 0.3 is 6.03 Å². The molecule has 1 fully saturated rings. The van der Waals surface area contributed by atoms with Crippen LogP contribution in [0.5, 0.6) is 5.75 Å². The Morgan fingerprint density at radius 3 is 2.57 bits per heavy atom. The number of ether oxygens (including phenoxy) is 1. The second kappa shape index (κ2) is 8.42. The van der Waals surface area contributed by atoms with Crippen LogP contribution in [0.4, 0.5) is 9.18 Å². The number of carbonyl (C=O) groups is 2. The van der Waals surface area contributed by atoms with Gasteiger partial charge in [-0.15, -0.1) is 0 Å². The number of hydrogen-bond donors (Lipinski definition) is 1. The van der Waals surface area contributed by atoms with Crippen molar-refractivity contribution in [2.75, 3.05) is 13.2 Å². The molecule has 3 amide bonds. The number of unbranched alkanes of at least 4 members (excludes halogenated alkanes) is 1. The monoisotopic (exact) mass is 384 g/mol. The number of benzene rings is 2. The number of nitrogens with zero attached hydrogens (tertiary/aromatic N) is 1. The lowest BCUT2D eigenvalue weighted by molar-refractivity contribution is -0.132. The molecule has 1 atom stereocenters. The molecule has 1 N–H and O–H groups in total. The maximum absolute atomic E-state index is 13.4. The van der Waals surface area contributed by atoms with Crippen molar-refractivity contribution in [1.82, 2.24) is 10.2 Å². The fourth-order valence-electron chi connectivity index (χ4n) is 3.47. The lowest BCUT2D eigenvalue weighted by Gasteiger charge is -2.27. The van der Waals surface area contributed by atoms with Crippen LogP contribution in [0.25, 0.3) is 0 Å². The van der Waals surface area contributed by atoms with Crippen LogP contribution in [0.3, 0.4) is 0 Å². The van der Waals surface area contributed by atoms with Crippen LogP contribution in [-0.4, -0.2) is 30.0 Å². The van der Waals surface area contributed by atoms with Crippen molar-refractivity contribution < 1.29 is 18.7 Å². The summed E-state index contributed by atoms with van der Waals surface area (Å²) in [6.45, 7) is 4.34. The van der Waals surface area contributed by atoms with Crippen LogP contribution in [0.2, 0.25) is 0 Å². The van der Waals surface area contributed by atoms with Crippen molar-refractivity contribution in [3.8, 4) is 5.75 Å². The van der Waals surface area contributed by atoms with E-state index in [4.69, 9.17) is 4.74 Å². The Balaban J connectivity index is 1.75. The Bertz CT molecular complexity index is 853. The minimum atomic E-state index is -1.15. The Labute approximate surface area is 164 Å². The molecule has 2 aromatic carbocycles. The first-order chi connectivity index (χ1) is 13.5. The molecule has 5 nitrogen and oxygen atoms in total. The molecule has 1 unspecified atom stereocenters. The summed E-state index contributed by atoms with van der Waals surface area (Å²) < 4.78 is 19.1. The Morgan fingerprint density at radius 1 is 1.14 bits per heavy atom. The van der Waals surface area contributed by atoms with Gasteiger partial charge < -0.3 is 10.1 Å². The number of hydrogen-bond acceptors (Lipinski definition) is 3. The van der Waals surface area contributed by atoms with E-state index in [1.165, 1.54) is 17.0 Å². The van der Waals surface area contributed by atoms with Gasteiger partial charge in [-0.3, -0.25) is 9.69 Å². The topological polar surface area (TPSA) is 58.6 Å². The molecular weight excluding hydrogens is 359 g/mol. The summed E-state index contributed by atoms with van der Waals surface area (Å²) in [4.78, 5) is 27.0. The molecule has 1 aliphatic heterocycles. The third-order valence-corrected chi connectivity index (χ3v) is 4.99. The number of nitrogens with one attached hydrogen (secondary N) is 1. The van der Waals surface area contributed by atoms with Crippen molar-refractivity contribution in [2.24, 2.45) is 0 Å². The van der Waals surface area contributed by atoms with E-state index in [-0.39, 0.29) is 24.9 Å². The fourth-order valence-corrected chi connectivity index (χ4v) is 3.47. The zero-order valence-electron chi connectivity index (χ0n) is 16.2. The first kappa shape index (κ1) is 19.9. The Kier molecular flexibility index (Phi) is 5.97. The first-order valence-electron chi connectivity index (χ1n) is 9.56. The zero-order chi connectivity index (χ0) is 20.1. The van der Waals surface area contributed by atoms with Gasteiger partial charge in [-0.1, -0.05) is 44.0 Å². The largest absolute Gasteiger partial charge is 0.492 e. The van der Waals surface area contributed by atoms with Crippen LogP contribution in [0.1, 0.15) is 37.3 Å². The van der Waals surface area contributed by atoms with Gasteiger partial charge in [0.15, 0.2) is 0 Å². The number of imide groups is 1. The maximum atomic E-state index is 13.4. The van der Waals surface area contributed by atoms with E-state index in [1.807, 2.05) is 38.1 Å². The van der Waals surface area contributed by atoms with Gasteiger partial charge in [0.25, 0.3) is 5.91 Å². The van der Waals surface area contributed by atoms with Gasteiger partial charge in [-0.05, 0) is 48.7 Å². The molecule has 28 heavy (non-hydrogen) atoms. The molecular formula is C22H25FN2O3. The third-order valence-electron chi connectivity index (χ3n) is 4.99. The van der Waals surface area contributed by atoms with Gasteiger partial charge in [0.1, 0.15) is 23.7 Å². The van der Waals surface area contributed by atoms with Gasteiger partial charge in [-0.25, -0.2) is 9.18 Å². The van der Waals surface area contributed by atoms with E-state index in [0.717, 1.165) is 18.4 Å². The molecule has 0 aromatic heterocycles. The summed E-state index contributed by atoms with van der Waals surface area (Å²) in [6.07, 6.45) is 2.11. The first-order valence-corrected chi connectivity index (χ1v) is 9.56. The summed E-state index contributed by atoms with van der Waals surface area (Å²) in [5.41, 5.74) is 0.523. The van der Waals surface area contributed by atoms with Crippen LogP contribution in [0.15, 0.2) is 48.5 Å². The zero-order valence-corrected chi connectivity index (χ0v) is 16.2. The molecule has 0 bridgehead atoms. The number of amides is 3. The third kappa shape index (κ3) is 4.01. The fraction of sp³-hybridized carbons (Fsp3) is 0.364. The normalized spacial score (nSPS) is 19.0. The van der Waals surface area contributed by atoms with Crippen molar-refractivity contribution in [1.29, 1.82) is 0 Å². The second-order valence-electron chi connectivity index (χ2n) is 7.07. The minimum Gasteiger partial charge on any atom is -0.492 e. The summed E-state index contributed by atoms with van der Waals surface area (Å²) >= 11 is 0. The molecule has 6 heteroatoms. The molecule has 2 aromatic rings. The highest BCUT2D eigenvalue weighted by atomic mass is 19.1. The lowest BCUT2D eigenvalue weighted by Crippen LogP contribution is -2.44. The molecule has 0 saturated carbocycles. The van der Waals surface area contributed by atoms with Gasteiger partial charge in [0.2, 0.25) is 0 Å². The molecule has 0 radical (unpaired) electrons. The van der Waals surface area contributed by atoms with Gasteiger partial charge in [0, 0.05) is 0 Å². The quantitative estimate of drug-likeness (QED) is 0.696. The molecule has 1 saturated heterocycles. The molecule has 148 valence electrons. The summed E-state index contributed by atoms with van der Waals surface area (Å²) in [5.74, 6) is 0.00260. The Hall–Kier alpha value is -2.89. The number of halogens is 1. The average molecular weight is 384 g/mol. The standard InChI is InChI=1S/C22H25FN2O3/c1-3-4-12-22(17-8-10-18(23)11-9-17)20(26)25(21(27)24-22)13-14-28-19-7-5-6-16(2)15-19/h5-11,15H,3-4,12-14H2,1-2H3,(H,24,27). The number of urea groups is 1. The highest BCUT2D eigenvalue weighted by Gasteiger charge is 2.51. The van der Waals surface area contributed by atoms with E-state index in [9.17, 15) is 14.0 Å². The minimum absolute atomic E-state index is 0.147. The van der Waals surface area contributed by atoms with Crippen LogP contribution < -0.4 is 10.1 Å². The van der Waals surface area contributed by atoms with E-state index in [2.05, 4.69) is 5.32 Å². The van der Waals surface area contributed by atoms with Gasteiger partial charge in [-0.2, -0.15) is 0 Å². The van der Waals surface area contributed by atoms with Crippen molar-refractivity contribution in [2.45, 2.75) is 38.6 Å². The smallest absolute Gasteiger partial charge is 0.325 e. The summed E-state index contributed by atoms with van der Waals surface area (Å²) in [6, 6.07) is 12.9. The van der Waals surface area contributed by atoms with E-state index >= 15 is 0 Å². The van der Waals surface area contributed by atoms with Crippen LogP contribution in [-0.2, 0) is 10.3 Å². The predicted molar refractivity (Wildman–Crippen MR) is 105 cm³/mol. The van der Waals surface area contributed by atoms with Crippen molar-refractivity contribution in [3.63, 3.8) is 0 Å². The van der Waals surface area contributed by atoms with Gasteiger partial charge in [0.05, 0.1) is 6.54 Å². The molecule has 3 rings (SSSR count). The van der Waals surface area contributed by atoms with Crippen molar-refractivity contribution in [3.05, 3.63) is 65.5 Å². The molecule has 1 aliphatic rings. The van der Waals surface area contributed by atoms with E-state index in [0.29, 0.717) is 17.7 Å². The number of carbonyl (C=O) groups excluding carboxylic acids is 2. The summed E-state index contributed by atoms with van der Waals surface area (Å²) in [7, 11) is 0. The highest BCUT2D eigenvalue weighted by Crippen LogP contribution is 2.34. The lowest BCUT2D eigenvalue weighted by atomic mass is 9.85. The summed E-state index contributed by atoms with van der Waals surface area (Å²) in [5, 5.41) is 2.86. The predicted octanol–water partition coefficient (Wildman–Crippen LogP) is 4.15. The van der Waals surface area contributed by atoms with Crippen molar-refractivity contribution >= 4 is 11.9 Å². The Morgan fingerprint density at radius 2 is 1.89 bits per heavy atom. The number of aryl methyl sites for hydroxylation is 1. The average Bonchev–Trinajstić information content (AvgIpc) is 2.92. The maximum Gasteiger partial charge on any atom is 0.325 e. The molecule has 0 aliphatic carbocycles. The SMILES string of the molecule is CCCCC1(c2ccc(F)cc2)NC(=O)N(CCOc2cccc(C)c2)C1=O. The second-order valence-corrected chi connectivity index (χ2v) is 7.07. The molecule has 1 heterocycles. The van der Waals surface area contributed by atoms with Crippen LogP contribution >= 0.6 is 0 Å². The van der Waals surface area contributed by atoms with E-state index in [1.54, 1.807) is 12.1 Å².